The number of ether oxygens (including phenoxy) is 1. The molecule has 8 nitrogen and oxygen atoms in total. The number of aromatic amines is 1. The molecule has 2 atom stereocenters. The summed E-state index contributed by atoms with van der Waals surface area (Å²) in [4.78, 5) is 39.5. The van der Waals surface area contributed by atoms with Crippen LogP contribution in [0, 0.1) is 11.3 Å². The number of nitrogens with one attached hydrogen (secondary N) is 2. The lowest BCUT2D eigenvalue weighted by atomic mass is 9.41. The number of rotatable bonds is 6. The summed E-state index contributed by atoms with van der Waals surface area (Å²) in [5.74, 6) is -6.11. The predicted octanol–water partition coefficient (Wildman–Crippen LogP) is 6.15. The molecule has 2 aromatic rings. The minimum absolute atomic E-state index is 0.133. The molecule has 0 aromatic carbocycles. The lowest BCUT2D eigenvalue weighted by molar-refractivity contribution is -0.227. The summed E-state index contributed by atoms with van der Waals surface area (Å²) in [6.07, 6.45) is -2.10. The quantitative estimate of drug-likeness (QED) is 0.398. The van der Waals surface area contributed by atoms with Gasteiger partial charge >= 0.3 is 6.09 Å². The normalized spacial score (nSPS) is 31.3. The number of aromatic nitrogens is 3. The van der Waals surface area contributed by atoms with E-state index >= 15 is 0 Å². The van der Waals surface area contributed by atoms with Gasteiger partial charge in [-0.1, -0.05) is 0 Å². The highest BCUT2D eigenvalue weighted by atomic mass is 19.3. The van der Waals surface area contributed by atoms with Crippen molar-refractivity contribution in [1.29, 1.82) is 0 Å². The van der Waals surface area contributed by atoms with E-state index in [0.29, 0.717) is 11.3 Å². The van der Waals surface area contributed by atoms with E-state index in [4.69, 9.17) is 4.74 Å². The molecular weight excluding hydrogens is 549 g/mol. The molecule has 2 aromatic heterocycles. The Bertz CT molecular complexity index is 1330. The fraction of sp³-hybridized carbons (Fsp3) is 0.714. The van der Waals surface area contributed by atoms with Gasteiger partial charge in [-0.2, -0.15) is 0 Å². The first kappa shape index (κ1) is 28.1. The summed E-state index contributed by atoms with van der Waals surface area (Å²) in [5.41, 5.74) is -1.20. The number of alkyl halides is 5. The fourth-order valence-corrected chi connectivity index (χ4v) is 7.08. The number of alkyl carbamates (subject to hydrolysis) is 1. The van der Waals surface area contributed by atoms with Crippen molar-refractivity contribution in [2.75, 3.05) is 6.54 Å². The molecule has 2 amide bonds. The standard InChI is InChI=1S/C28H34F5N5O3/c1-15(2)41-24(40)36-20(16-5-7-27(30,31)8-6-16)22-35-18-4-3-17(34-21(18)37-22)19-11-28(32,33)9-10-38(19)23(39)25-12-26(29,13-25)14-25/h3-4,15-16,19-20H,5-14H2,1-2H3,(H,36,40)(H,34,35,37)/t19-,20-,25?,26?/m0/s1. The number of fused-ring (bicyclic) bond motifs is 1. The van der Waals surface area contributed by atoms with Gasteiger partial charge in [0.05, 0.1) is 34.8 Å². The maximum Gasteiger partial charge on any atom is 0.407 e. The van der Waals surface area contributed by atoms with Crippen LogP contribution in [0.3, 0.4) is 0 Å². The molecule has 224 valence electrons. The van der Waals surface area contributed by atoms with Crippen molar-refractivity contribution < 1.29 is 36.3 Å². The van der Waals surface area contributed by atoms with Crippen LogP contribution in [-0.2, 0) is 9.53 Å². The number of pyridine rings is 1. The van der Waals surface area contributed by atoms with Crippen LogP contribution in [0.25, 0.3) is 11.2 Å². The maximum atomic E-state index is 14.6. The van der Waals surface area contributed by atoms with E-state index in [1.807, 2.05) is 0 Å². The van der Waals surface area contributed by atoms with E-state index in [0.717, 1.165) is 0 Å². The molecule has 5 aliphatic rings. The molecule has 5 fully saturated rings. The number of piperidine rings is 1. The molecule has 41 heavy (non-hydrogen) atoms. The molecule has 13 heteroatoms. The first-order valence-electron chi connectivity index (χ1n) is 14.3. The topological polar surface area (TPSA) is 100 Å². The first-order valence-corrected chi connectivity index (χ1v) is 14.3. The average molecular weight is 584 g/mol. The van der Waals surface area contributed by atoms with Gasteiger partial charge in [-0.3, -0.25) is 4.79 Å². The fourth-order valence-electron chi connectivity index (χ4n) is 7.08. The van der Waals surface area contributed by atoms with E-state index in [1.165, 1.54) is 4.90 Å². The number of hydrogen-bond acceptors (Lipinski definition) is 5. The zero-order valence-electron chi connectivity index (χ0n) is 23.0. The van der Waals surface area contributed by atoms with Gasteiger partial charge in [-0.25, -0.2) is 36.7 Å². The van der Waals surface area contributed by atoms with Crippen LogP contribution >= 0.6 is 0 Å². The number of imidazole rings is 1. The molecule has 2 N–H and O–H groups in total. The number of carbonyl (C=O) groups is 2. The largest absolute Gasteiger partial charge is 0.447 e. The highest BCUT2D eigenvalue weighted by Gasteiger charge is 2.74. The molecule has 0 unspecified atom stereocenters. The van der Waals surface area contributed by atoms with Gasteiger partial charge in [-0.05, 0) is 64.0 Å². The third-order valence-electron chi connectivity index (χ3n) is 9.14. The average Bonchev–Trinajstić information content (AvgIpc) is 3.27. The Morgan fingerprint density at radius 3 is 2.34 bits per heavy atom. The van der Waals surface area contributed by atoms with Gasteiger partial charge in [0.2, 0.25) is 11.8 Å². The van der Waals surface area contributed by atoms with E-state index in [-0.39, 0.29) is 74.7 Å². The summed E-state index contributed by atoms with van der Waals surface area (Å²) < 4.78 is 76.3. The summed E-state index contributed by atoms with van der Waals surface area (Å²) in [7, 11) is 0. The minimum atomic E-state index is -3.00. The number of H-pyrrole nitrogens is 1. The van der Waals surface area contributed by atoms with Crippen LogP contribution in [0.1, 0.15) is 95.2 Å². The molecule has 0 radical (unpaired) electrons. The number of amides is 2. The van der Waals surface area contributed by atoms with Crippen LogP contribution < -0.4 is 5.32 Å². The number of carbonyl (C=O) groups excluding carboxylic acids is 2. The van der Waals surface area contributed by atoms with Crippen molar-refractivity contribution in [3.63, 3.8) is 0 Å². The molecule has 0 spiro atoms. The smallest absolute Gasteiger partial charge is 0.407 e. The molecule has 1 aliphatic heterocycles. The number of halogens is 5. The number of hydrogen-bond donors (Lipinski definition) is 2. The minimum Gasteiger partial charge on any atom is -0.447 e. The highest BCUT2D eigenvalue weighted by Crippen LogP contribution is 2.70. The van der Waals surface area contributed by atoms with Crippen molar-refractivity contribution in [2.24, 2.45) is 11.3 Å². The van der Waals surface area contributed by atoms with Crippen molar-refractivity contribution in [3.8, 4) is 0 Å². The monoisotopic (exact) mass is 583 g/mol. The Morgan fingerprint density at radius 2 is 1.71 bits per heavy atom. The first-order chi connectivity index (χ1) is 19.2. The summed E-state index contributed by atoms with van der Waals surface area (Å²) in [6.45, 7) is 3.22. The maximum absolute atomic E-state index is 14.6. The van der Waals surface area contributed by atoms with Gasteiger partial charge in [0.25, 0.3) is 5.92 Å². The Morgan fingerprint density at radius 1 is 1.02 bits per heavy atom. The zero-order chi connectivity index (χ0) is 29.4. The molecule has 3 heterocycles. The summed E-state index contributed by atoms with van der Waals surface area (Å²) in [5, 5.41) is 2.76. The third-order valence-corrected chi connectivity index (χ3v) is 9.14. The summed E-state index contributed by atoms with van der Waals surface area (Å²) >= 11 is 0. The lowest BCUT2D eigenvalue weighted by Gasteiger charge is -2.65. The van der Waals surface area contributed by atoms with E-state index in [2.05, 4.69) is 20.3 Å². The van der Waals surface area contributed by atoms with Crippen LogP contribution in [0.5, 0.6) is 0 Å². The van der Waals surface area contributed by atoms with Crippen LogP contribution in [-0.4, -0.2) is 62.0 Å². The second kappa shape index (κ2) is 9.52. The van der Waals surface area contributed by atoms with Gasteiger partial charge in [0.15, 0.2) is 5.65 Å². The third kappa shape index (κ3) is 5.24. The van der Waals surface area contributed by atoms with Crippen molar-refractivity contribution in [1.82, 2.24) is 25.2 Å². The van der Waals surface area contributed by atoms with Gasteiger partial charge in [-0.15, -0.1) is 0 Å². The SMILES string of the molecule is CC(C)OC(=O)N[C@H](c1nc2nc([C@@H]3CC(F)(F)CCN3C(=O)C34CC(F)(C3)C4)ccc2[nH]1)C1CCC(F)(F)CC1. The summed E-state index contributed by atoms with van der Waals surface area (Å²) in [6, 6.07) is 1.42. The van der Waals surface area contributed by atoms with E-state index < -0.39 is 60.1 Å². The van der Waals surface area contributed by atoms with Gasteiger partial charge in [0.1, 0.15) is 11.5 Å². The molecule has 4 saturated carbocycles. The lowest BCUT2D eigenvalue weighted by Crippen LogP contribution is -2.71. The van der Waals surface area contributed by atoms with Crippen LogP contribution in [0.2, 0.25) is 0 Å². The molecular formula is C28H34F5N5O3. The second-order valence-electron chi connectivity index (χ2n) is 12.8. The number of nitrogens with zero attached hydrogens (tertiary/aromatic N) is 3. The van der Waals surface area contributed by atoms with E-state index in [9.17, 15) is 31.5 Å². The predicted molar refractivity (Wildman–Crippen MR) is 137 cm³/mol. The Labute approximate surface area is 233 Å². The van der Waals surface area contributed by atoms with Crippen molar-refractivity contribution in [3.05, 3.63) is 23.7 Å². The molecule has 2 bridgehead atoms. The zero-order valence-corrected chi connectivity index (χ0v) is 23.0. The number of likely N-dealkylation sites (tertiary alicyclic amines) is 1. The van der Waals surface area contributed by atoms with Crippen LogP contribution in [0.4, 0.5) is 26.7 Å². The Hall–Kier alpha value is -2.99. The molecule has 1 saturated heterocycles. The van der Waals surface area contributed by atoms with Crippen LogP contribution in [0.15, 0.2) is 12.1 Å². The van der Waals surface area contributed by atoms with Crippen molar-refractivity contribution >= 4 is 23.2 Å². The highest BCUT2D eigenvalue weighted by molar-refractivity contribution is 5.87. The van der Waals surface area contributed by atoms with E-state index in [1.54, 1.807) is 26.0 Å². The molecule has 7 rings (SSSR count). The van der Waals surface area contributed by atoms with Gasteiger partial charge in [0, 0.05) is 32.2 Å². The van der Waals surface area contributed by atoms with Crippen molar-refractivity contribution in [2.45, 2.75) is 107 Å². The Kier molecular flexibility index (Phi) is 6.53. The Balaban J connectivity index is 1.28. The molecule has 4 aliphatic carbocycles. The van der Waals surface area contributed by atoms with Gasteiger partial charge < -0.3 is 19.9 Å². The second-order valence-corrected chi connectivity index (χ2v) is 12.8.